The normalized spacial score (nSPS) is 22.4. The lowest BCUT2D eigenvalue weighted by Gasteiger charge is -2.17. The van der Waals surface area contributed by atoms with Gasteiger partial charge in [0.1, 0.15) is 5.15 Å². The van der Waals surface area contributed by atoms with E-state index in [1.807, 2.05) is 11.6 Å². The molecule has 0 saturated heterocycles. The Hall–Kier alpha value is -0.470. The van der Waals surface area contributed by atoms with E-state index < -0.39 is 0 Å². The summed E-state index contributed by atoms with van der Waals surface area (Å²) in [5.41, 5.74) is 8.49. The van der Waals surface area contributed by atoms with E-state index in [1.54, 1.807) is 0 Å². The van der Waals surface area contributed by atoms with E-state index in [0.717, 1.165) is 18.1 Å². The van der Waals surface area contributed by atoms with Gasteiger partial charge in [0.2, 0.25) is 0 Å². The average molecular weight is 213 g/mol. The second kappa shape index (κ2) is 3.59. The Morgan fingerprint density at radius 2 is 2.43 bits per heavy atom. The van der Waals surface area contributed by atoms with Gasteiger partial charge in [-0.05, 0) is 42.3 Å². The van der Waals surface area contributed by atoms with Gasteiger partial charge >= 0.3 is 0 Å². The number of hydrogen-bond donors (Lipinski definition) is 1. The lowest BCUT2D eigenvalue weighted by Crippen LogP contribution is -2.17. The van der Waals surface area contributed by atoms with Crippen LogP contribution in [0.25, 0.3) is 0 Å². The third-order valence-corrected chi connectivity index (χ3v) is 3.90. The van der Waals surface area contributed by atoms with Gasteiger partial charge in [0, 0.05) is 13.2 Å². The zero-order valence-corrected chi connectivity index (χ0v) is 9.51. The van der Waals surface area contributed by atoms with E-state index >= 15 is 0 Å². The van der Waals surface area contributed by atoms with Crippen LogP contribution in [0.4, 0.5) is 0 Å². The smallest absolute Gasteiger partial charge is 0.112 e. The van der Waals surface area contributed by atoms with E-state index in [-0.39, 0.29) is 0 Å². The first-order valence-electron chi connectivity index (χ1n) is 5.18. The number of halogens is 1. The number of nitrogens with zero attached hydrogens (tertiary/aromatic N) is 1. The van der Waals surface area contributed by atoms with Crippen molar-refractivity contribution in [3.63, 3.8) is 0 Å². The lowest BCUT2D eigenvalue weighted by molar-refractivity contribution is 0.464. The van der Waals surface area contributed by atoms with Crippen molar-refractivity contribution in [2.75, 3.05) is 6.54 Å². The fraction of sp³-hybridized carbons (Fsp3) is 0.636. The first-order chi connectivity index (χ1) is 6.65. The number of aryl methyl sites for hydroxylation is 1. The van der Waals surface area contributed by atoms with Gasteiger partial charge in [-0.25, -0.2) is 0 Å². The highest BCUT2D eigenvalue weighted by molar-refractivity contribution is 6.30. The Morgan fingerprint density at radius 1 is 1.71 bits per heavy atom. The number of hydrogen-bond acceptors (Lipinski definition) is 1. The molecule has 14 heavy (non-hydrogen) atoms. The van der Waals surface area contributed by atoms with Crippen molar-refractivity contribution < 1.29 is 0 Å². The van der Waals surface area contributed by atoms with Crippen LogP contribution in [0.2, 0.25) is 5.15 Å². The van der Waals surface area contributed by atoms with Crippen molar-refractivity contribution in [3.05, 3.63) is 22.5 Å². The number of rotatable bonds is 2. The van der Waals surface area contributed by atoms with Crippen molar-refractivity contribution in [1.29, 1.82) is 0 Å². The standard InChI is InChI=1S/C11H17ClN2/c1-7(5-13)8-3-4-9-10(8)6-14(2)11(9)12/h6-8H,3-5,13H2,1-2H3. The van der Waals surface area contributed by atoms with Crippen LogP contribution in [0, 0.1) is 5.92 Å². The molecule has 2 nitrogen and oxygen atoms in total. The number of aromatic nitrogens is 1. The predicted octanol–water partition coefficient (Wildman–Crippen LogP) is 2.30. The quantitative estimate of drug-likeness (QED) is 0.802. The zero-order chi connectivity index (χ0) is 10.3. The summed E-state index contributed by atoms with van der Waals surface area (Å²) in [4.78, 5) is 0. The van der Waals surface area contributed by atoms with E-state index in [4.69, 9.17) is 17.3 Å². The Kier molecular flexibility index (Phi) is 2.58. The van der Waals surface area contributed by atoms with E-state index in [2.05, 4.69) is 13.1 Å². The molecule has 0 spiro atoms. The molecule has 2 unspecified atom stereocenters. The molecule has 0 aliphatic heterocycles. The lowest BCUT2D eigenvalue weighted by atomic mass is 9.90. The third-order valence-electron chi connectivity index (χ3n) is 3.40. The van der Waals surface area contributed by atoms with Gasteiger partial charge in [0.05, 0.1) is 0 Å². The van der Waals surface area contributed by atoms with Gasteiger partial charge in [-0.1, -0.05) is 18.5 Å². The van der Waals surface area contributed by atoms with E-state index in [9.17, 15) is 0 Å². The Bertz CT molecular complexity index is 343. The molecule has 0 aromatic carbocycles. The SMILES string of the molecule is CC(CN)C1CCc2c1cn(C)c2Cl. The maximum Gasteiger partial charge on any atom is 0.112 e. The predicted molar refractivity (Wildman–Crippen MR) is 59.7 cm³/mol. The highest BCUT2D eigenvalue weighted by Gasteiger charge is 2.30. The molecule has 78 valence electrons. The van der Waals surface area contributed by atoms with Gasteiger partial charge in [-0.2, -0.15) is 0 Å². The minimum Gasteiger partial charge on any atom is -0.341 e. The molecule has 3 heteroatoms. The minimum atomic E-state index is 0.565. The van der Waals surface area contributed by atoms with Crippen LogP contribution >= 0.6 is 11.6 Å². The highest BCUT2D eigenvalue weighted by atomic mass is 35.5. The van der Waals surface area contributed by atoms with Crippen LogP contribution in [-0.4, -0.2) is 11.1 Å². The van der Waals surface area contributed by atoms with Gasteiger partial charge in [-0.3, -0.25) is 0 Å². The van der Waals surface area contributed by atoms with Gasteiger partial charge < -0.3 is 10.3 Å². The molecule has 2 N–H and O–H groups in total. The summed E-state index contributed by atoms with van der Waals surface area (Å²) in [6.07, 6.45) is 4.50. The van der Waals surface area contributed by atoms with Crippen molar-refractivity contribution in [3.8, 4) is 0 Å². The Morgan fingerprint density at radius 3 is 3.07 bits per heavy atom. The fourth-order valence-corrected chi connectivity index (χ4v) is 2.71. The van der Waals surface area contributed by atoms with Gasteiger partial charge in [-0.15, -0.1) is 0 Å². The molecule has 2 atom stereocenters. The molecule has 1 heterocycles. The third kappa shape index (κ3) is 1.37. The maximum absolute atomic E-state index is 6.20. The van der Waals surface area contributed by atoms with Crippen LogP contribution in [0.15, 0.2) is 6.20 Å². The summed E-state index contributed by atoms with van der Waals surface area (Å²) in [7, 11) is 2.00. The van der Waals surface area contributed by atoms with Crippen LogP contribution in [0.3, 0.4) is 0 Å². The second-order valence-corrected chi connectivity index (χ2v) is 4.68. The molecule has 1 aliphatic rings. The minimum absolute atomic E-state index is 0.565. The van der Waals surface area contributed by atoms with Crippen LogP contribution in [0.5, 0.6) is 0 Å². The molecule has 0 bridgehead atoms. The summed E-state index contributed by atoms with van der Waals surface area (Å²) >= 11 is 6.20. The topological polar surface area (TPSA) is 30.9 Å². The van der Waals surface area contributed by atoms with E-state index in [0.29, 0.717) is 11.8 Å². The molecular weight excluding hydrogens is 196 g/mol. The van der Waals surface area contributed by atoms with Crippen molar-refractivity contribution >= 4 is 11.6 Å². The number of nitrogens with two attached hydrogens (primary N) is 1. The number of fused-ring (bicyclic) bond motifs is 1. The van der Waals surface area contributed by atoms with Crippen LogP contribution in [-0.2, 0) is 13.5 Å². The summed E-state index contributed by atoms with van der Waals surface area (Å²) < 4.78 is 2.02. The average Bonchev–Trinajstić information content (AvgIpc) is 2.69. The fourth-order valence-electron chi connectivity index (χ4n) is 2.45. The molecule has 2 rings (SSSR count). The van der Waals surface area contributed by atoms with Gasteiger partial charge in [0.15, 0.2) is 0 Å². The van der Waals surface area contributed by atoms with Crippen LogP contribution in [0.1, 0.15) is 30.4 Å². The Labute approximate surface area is 90.0 Å². The molecular formula is C11H17ClN2. The Balaban J connectivity index is 2.34. The second-order valence-electron chi connectivity index (χ2n) is 4.32. The first-order valence-corrected chi connectivity index (χ1v) is 5.56. The molecule has 0 fully saturated rings. The van der Waals surface area contributed by atoms with Crippen molar-refractivity contribution in [2.24, 2.45) is 18.7 Å². The maximum atomic E-state index is 6.20. The molecule has 0 amide bonds. The molecule has 1 aliphatic carbocycles. The molecule has 1 aromatic rings. The summed E-state index contributed by atoms with van der Waals surface area (Å²) in [6, 6.07) is 0. The highest BCUT2D eigenvalue weighted by Crippen LogP contribution is 2.41. The van der Waals surface area contributed by atoms with Crippen LogP contribution < -0.4 is 5.73 Å². The monoisotopic (exact) mass is 212 g/mol. The first kappa shape index (κ1) is 10.1. The van der Waals surface area contributed by atoms with Crippen molar-refractivity contribution in [1.82, 2.24) is 4.57 Å². The molecule has 0 saturated carbocycles. The summed E-state index contributed by atoms with van der Waals surface area (Å²) in [5.74, 6) is 1.18. The molecule has 0 radical (unpaired) electrons. The van der Waals surface area contributed by atoms with Gasteiger partial charge in [0.25, 0.3) is 0 Å². The summed E-state index contributed by atoms with van der Waals surface area (Å²) in [5, 5.41) is 0.909. The summed E-state index contributed by atoms with van der Waals surface area (Å²) in [6.45, 7) is 2.98. The largest absolute Gasteiger partial charge is 0.341 e. The van der Waals surface area contributed by atoms with E-state index in [1.165, 1.54) is 17.5 Å². The van der Waals surface area contributed by atoms with Crippen molar-refractivity contribution in [2.45, 2.75) is 25.7 Å². The molecule has 1 aromatic heterocycles. The zero-order valence-electron chi connectivity index (χ0n) is 8.76.